The molecule has 2 fully saturated rings. The lowest BCUT2D eigenvalue weighted by Crippen LogP contribution is -2.37. The molecule has 2 aliphatic rings. The van der Waals surface area contributed by atoms with Crippen LogP contribution in [-0.4, -0.2) is 41.1 Å². The summed E-state index contributed by atoms with van der Waals surface area (Å²) in [7, 11) is 0. The monoisotopic (exact) mass is 308 g/mol. The van der Waals surface area contributed by atoms with Crippen molar-refractivity contribution in [3.05, 3.63) is 22.6 Å². The van der Waals surface area contributed by atoms with Gasteiger partial charge in [-0.3, -0.25) is 4.79 Å². The number of anilines is 1. The number of thiocarbonyl (C=S) groups is 1. The highest BCUT2D eigenvalue weighted by molar-refractivity contribution is 7.80. The van der Waals surface area contributed by atoms with Gasteiger partial charge in [0, 0.05) is 25.6 Å². The number of morpholine rings is 1. The number of rotatable bonds is 5. The molecule has 0 spiro atoms. The van der Waals surface area contributed by atoms with Crippen molar-refractivity contribution in [2.45, 2.75) is 25.8 Å². The van der Waals surface area contributed by atoms with Crippen LogP contribution >= 0.6 is 12.2 Å². The molecule has 1 saturated heterocycles. The van der Waals surface area contributed by atoms with E-state index in [-0.39, 0.29) is 11.0 Å². The molecule has 3 rings (SSSR count). The van der Waals surface area contributed by atoms with Crippen LogP contribution in [0.15, 0.2) is 17.1 Å². The Morgan fingerprint density at radius 3 is 2.71 bits per heavy atom. The first-order valence-corrected chi connectivity index (χ1v) is 7.67. The second-order valence-corrected chi connectivity index (χ2v) is 6.48. The van der Waals surface area contributed by atoms with E-state index in [2.05, 4.69) is 10.00 Å². The zero-order valence-electron chi connectivity index (χ0n) is 12.0. The van der Waals surface area contributed by atoms with Gasteiger partial charge in [-0.25, -0.2) is 4.68 Å². The van der Waals surface area contributed by atoms with Crippen molar-refractivity contribution < 1.29 is 4.74 Å². The Labute approximate surface area is 128 Å². The van der Waals surface area contributed by atoms with Crippen LogP contribution in [0.3, 0.4) is 0 Å². The van der Waals surface area contributed by atoms with Crippen molar-refractivity contribution in [1.29, 1.82) is 0 Å². The molecule has 0 atom stereocenters. The summed E-state index contributed by atoms with van der Waals surface area (Å²) in [6.45, 7) is 3.60. The Morgan fingerprint density at radius 2 is 2.14 bits per heavy atom. The van der Waals surface area contributed by atoms with Crippen molar-refractivity contribution in [1.82, 2.24) is 9.78 Å². The lowest BCUT2D eigenvalue weighted by molar-refractivity contribution is 0.122. The van der Waals surface area contributed by atoms with Crippen LogP contribution < -0.4 is 16.2 Å². The third-order valence-electron chi connectivity index (χ3n) is 4.22. The molecule has 1 aromatic heterocycles. The highest BCUT2D eigenvalue weighted by atomic mass is 32.1. The fraction of sp³-hybridized carbons (Fsp3) is 0.643. The number of nitrogens with zero attached hydrogens (tertiary/aromatic N) is 3. The second-order valence-electron chi connectivity index (χ2n) is 5.95. The first-order valence-electron chi connectivity index (χ1n) is 7.26. The Kier molecular flexibility index (Phi) is 3.95. The van der Waals surface area contributed by atoms with Gasteiger partial charge in [0.05, 0.1) is 36.6 Å². The quantitative estimate of drug-likeness (QED) is 0.800. The van der Waals surface area contributed by atoms with Crippen molar-refractivity contribution in [3.8, 4) is 0 Å². The van der Waals surface area contributed by atoms with Crippen molar-refractivity contribution in [3.63, 3.8) is 0 Å². The van der Waals surface area contributed by atoms with Crippen LogP contribution in [0.4, 0.5) is 5.69 Å². The van der Waals surface area contributed by atoms with E-state index in [0.29, 0.717) is 31.2 Å². The van der Waals surface area contributed by atoms with Crippen LogP contribution in [0.5, 0.6) is 0 Å². The standard InChI is InChI=1S/C14H20N4O2S/c15-12(21)8-14(1-2-14)10-18-13(19)7-11(9-16-18)17-3-5-20-6-4-17/h7,9H,1-6,8,10H2,(H2,15,21). The van der Waals surface area contributed by atoms with Crippen molar-refractivity contribution >= 4 is 22.9 Å². The smallest absolute Gasteiger partial charge is 0.268 e. The average Bonchev–Trinajstić information content (AvgIpc) is 3.21. The Hall–Kier alpha value is -1.47. The summed E-state index contributed by atoms with van der Waals surface area (Å²) in [6.07, 6.45) is 4.58. The van der Waals surface area contributed by atoms with Crippen LogP contribution in [0.2, 0.25) is 0 Å². The third-order valence-corrected chi connectivity index (χ3v) is 4.37. The molecule has 7 heteroatoms. The number of hydrogen-bond acceptors (Lipinski definition) is 5. The summed E-state index contributed by atoms with van der Waals surface area (Å²) < 4.78 is 6.85. The molecule has 1 aliphatic heterocycles. The van der Waals surface area contributed by atoms with E-state index < -0.39 is 0 Å². The number of ether oxygens (including phenoxy) is 1. The Balaban J connectivity index is 1.73. The van der Waals surface area contributed by atoms with E-state index >= 15 is 0 Å². The summed E-state index contributed by atoms with van der Waals surface area (Å²) in [5, 5.41) is 4.32. The van der Waals surface area contributed by atoms with E-state index in [0.717, 1.165) is 31.6 Å². The molecule has 1 aliphatic carbocycles. The zero-order chi connectivity index (χ0) is 14.9. The van der Waals surface area contributed by atoms with Crippen LogP contribution in [0.1, 0.15) is 19.3 Å². The minimum absolute atomic E-state index is 0.0587. The maximum absolute atomic E-state index is 12.3. The SMILES string of the molecule is NC(=S)CC1(Cn2ncc(N3CCOCC3)cc2=O)CC1. The van der Waals surface area contributed by atoms with E-state index in [9.17, 15) is 4.79 Å². The van der Waals surface area contributed by atoms with E-state index in [1.165, 1.54) is 4.68 Å². The van der Waals surface area contributed by atoms with Gasteiger partial charge in [0.25, 0.3) is 5.56 Å². The maximum Gasteiger partial charge on any atom is 0.268 e. The lowest BCUT2D eigenvalue weighted by Gasteiger charge is -2.28. The highest BCUT2D eigenvalue weighted by Gasteiger charge is 2.43. The molecule has 114 valence electrons. The summed E-state index contributed by atoms with van der Waals surface area (Å²) in [6, 6.07) is 1.66. The molecule has 0 aromatic carbocycles. The van der Waals surface area contributed by atoms with Gasteiger partial charge < -0.3 is 15.4 Å². The first kappa shape index (κ1) is 14.5. The summed E-state index contributed by atoms with van der Waals surface area (Å²) in [4.78, 5) is 14.9. The molecule has 0 amide bonds. The van der Waals surface area contributed by atoms with Crippen molar-refractivity contribution in [2.24, 2.45) is 11.1 Å². The molecule has 0 unspecified atom stereocenters. The number of hydrogen-bond donors (Lipinski definition) is 1. The molecule has 1 saturated carbocycles. The van der Waals surface area contributed by atoms with Gasteiger partial charge in [-0.15, -0.1) is 0 Å². The fourth-order valence-corrected chi connectivity index (χ4v) is 3.10. The number of aromatic nitrogens is 2. The molecule has 0 radical (unpaired) electrons. The van der Waals surface area contributed by atoms with Gasteiger partial charge in [-0.1, -0.05) is 12.2 Å². The molecular weight excluding hydrogens is 288 g/mol. The van der Waals surface area contributed by atoms with E-state index in [1.807, 2.05) is 0 Å². The third kappa shape index (κ3) is 3.41. The second kappa shape index (κ2) is 5.73. The summed E-state index contributed by atoms with van der Waals surface area (Å²) >= 11 is 4.99. The largest absolute Gasteiger partial charge is 0.393 e. The minimum Gasteiger partial charge on any atom is -0.393 e. The fourth-order valence-electron chi connectivity index (χ4n) is 2.79. The normalized spacial score (nSPS) is 20.3. The van der Waals surface area contributed by atoms with Gasteiger partial charge in [-0.2, -0.15) is 5.10 Å². The topological polar surface area (TPSA) is 73.4 Å². The maximum atomic E-state index is 12.3. The van der Waals surface area contributed by atoms with Gasteiger partial charge in [0.1, 0.15) is 0 Å². The molecule has 1 aromatic rings. The number of nitrogens with two attached hydrogens (primary N) is 1. The predicted octanol–water partition coefficient (Wildman–Crippen LogP) is 0.536. The van der Waals surface area contributed by atoms with E-state index in [4.69, 9.17) is 22.7 Å². The molecule has 2 N–H and O–H groups in total. The predicted molar refractivity (Wildman–Crippen MR) is 84.6 cm³/mol. The van der Waals surface area contributed by atoms with E-state index in [1.54, 1.807) is 12.3 Å². The van der Waals surface area contributed by atoms with Gasteiger partial charge in [0.15, 0.2) is 0 Å². The van der Waals surface area contributed by atoms with Crippen LogP contribution in [-0.2, 0) is 11.3 Å². The zero-order valence-corrected chi connectivity index (χ0v) is 12.8. The molecule has 6 nitrogen and oxygen atoms in total. The van der Waals surface area contributed by atoms with Gasteiger partial charge in [0.2, 0.25) is 0 Å². The molecule has 2 heterocycles. The van der Waals surface area contributed by atoms with Crippen LogP contribution in [0.25, 0.3) is 0 Å². The lowest BCUT2D eigenvalue weighted by atomic mass is 10.0. The summed E-state index contributed by atoms with van der Waals surface area (Å²) in [5.41, 5.74) is 6.51. The summed E-state index contributed by atoms with van der Waals surface area (Å²) in [5.74, 6) is 0. The van der Waals surface area contributed by atoms with Crippen LogP contribution in [0, 0.1) is 5.41 Å². The average molecular weight is 308 g/mol. The molecule has 21 heavy (non-hydrogen) atoms. The molecular formula is C14H20N4O2S. The highest BCUT2D eigenvalue weighted by Crippen LogP contribution is 2.49. The van der Waals surface area contributed by atoms with Crippen molar-refractivity contribution in [2.75, 3.05) is 31.2 Å². The molecule has 0 bridgehead atoms. The first-order chi connectivity index (χ1) is 10.1. The van der Waals surface area contributed by atoms with Gasteiger partial charge in [-0.05, 0) is 18.3 Å². The Morgan fingerprint density at radius 1 is 1.43 bits per heavy atom. The minimum atomic E-state index is -0.0618. The Bertz CT molecular complexity index is 591. The van der Waals surface area contributed by atoms with Gasteiger partial charge >= 0.3 is 0 Å².